The minimum Gasteiger partial charge on any atom is -0.482 e. The van der Waals surface area contributed by atoms with Crippen LogP contribution in [-0.4, -0.2) is 35.0 Å². The molecule has 35 heavy (non-hydrogen) atoms. The van der Waals surface area contributed by atoms with Crippen molar-refractivity contribution in [2.24, 2.45) is 5.92 Å². The summed E-state index contributed by atoms with van der Waals surface area (Å²) in [6, 6.07) is 16.4. The number of fused-ring (bicyclic) bond motifs is 1. The topological polar surface area (TPSA) is 66.8 Å². The number of carbonyl (C=O) groups is 2. The van der Waals surface area contributed by atoms with Crippen molar-refractivity contribution >= 4 is 35.1 Å². The first-order valence-corrected chi connectivity index (χ1v) is 12.1. The van der Waals surface area contributed by atoms with Gasteiger partial charge in [-0.2, -0.15) is 0 Å². The highest BCUT2D eigenvalue weighted by atomic mass is 35.5. The van der Waals surface area contributed by atoms with Crippen LogP contribution in [0, 0.1) is 11.7 Å². The first kappa shape index (κ1) is 23.6. The number of aliphatic carboxylic acids is 1. The van der Waals surface area contributed by atoms with Crippen molar-refractivity contribution in [3.05, 3.63) is 98.8 Å². The van der Waals surface area contributed by atoms with Gasteiger partial charge in [0.25, 0.3) is 0 Å². The molecule has 1 N–H and O–H groups in total. The second-order valence-corrected chi connectivity index (χ2v) is 9.71. The molecule has 8 heteroatoms. The van der Waals surface area contributed by atoms with Crippen molar-refractivity contribution in [1.82, 2.24) is 4.90 Å². The molecule has 2 aliphatic rings. The summed E-state index contributed by atoms with van der Waals surface area (Å²) in [5, 5.41) is 10.2. The SMILES string of the molecule is O=C(O)COc1ccc(Cl)cc1C1c2ccc(F)cc2CCN1C(=O)[C@@H]1C[C@H]1c1ccccc1Cl. The summed E-state index contributed by atoms with van der Waals surface area (Å²) in [7, 11) is 0. The Kier molecular flexibility index (Phi) is 6.43. The van der Waals surface area contributed by atoms with Crippen molar-refractivity contribution < 1.29 is 23.8 Å². The lowest BCUT2D eigenvalue weighted by Gasteiger charge is -2.38. The van der Waals surface area contributed by atoms with Gasteiger partial charge in [0.15, 0.2) is 6.61 Å². The van der Waals surface area contributed by atoms with Crippen molar-refractivity contribution in [2.75, 3.05) is 13.2 Å². The number of hydrogen-bond acceptors (Lipinski definition) is 3. The van der Waals surface area contributed by atoms with Crippen molar-refractivity contribution in [1.29, 1.82) is 0 Å². The normalized spacial score (nSPS) is 20.8. The highest BCUT2D eigenvalue weighted by molar-refractivity contribution is 6.31. The summed E-state index contributed by atoms with van der Waals surface area (Å²) in [4.78, 5) is 26.8. The third-order valence-electron chi connectivity index (χ3n) is 6.65. The van der Waals surface area contributed by atoms with Crippen LogP contribution < -0.4 is 4.74 Å². The fourth-order valence-corrected chi connectivity index (χ4v) is 5.43. The van der Waals surface area contributed by atoms with Crippen LogP contribution in [0.25, 0.3) is 0 Å². The number of amides is 1. The van der Waals surface area contributed by atoms with Crippen LogP contribution >= 0.6 is 23.2 Å². The Bertz CT molecular complexity index is 1310. The fourth-order valence-electron chi connectivity index (χ4n) is 4.97. The number of nitrogens with zero attached hydrogens (tertiary/aromatic N) is 1. The third kappa shape index (κ3) is 4.73. The molecule has 1 heterocycles. The van der Waals surface area contributed by atoms with Crippen LogP contribution in [0.2, 0.25) is 10.0 Å². The summed E-state index contributed by atoms with van der Waals surface area (Å²) in [5.41, 5.74) is 3.08. The maximum atomic E-state index is 14.0. The molecule has 180 valence electrons. The molecule has 5 rings (SSSR count). The van der Waals surface area contributed by atoms with Crippen LogP contribution in [0.4, 0.5) is 4.39 Å². The summed E-state index contributed by atoms with van der Waals surface area (Å²) in [6.45, 7) is -0.153. The Morgan fingerprint density at radius 2 is 1.83 bits per heavy atom. The second-order valence-electron chi connectivity index (χ2n) is 8.86. The molecule has 0 radical (unpaired) electrons. The molecular weight excluding hydrogens is 492 g/mol. The molecule has 1 unspecified atom stereocenters. The van der Waals surface area contributed by atoms with Crippen molar-refractivity contribution in [2.45, 2.75) is 24.8 Å². The van der Waals surface area contributed by atoms with Crippen molar-refractivity contribution in [3.8, 4) is 5.75 Å². The molecule has 3 atom stereocenters. The molecule has 5 nitrogen and oxygen atoms in total. The molecule has 1 aliphatic heterocycles. The van der Waals surface area contributed by atoms with E-state index < -0.39 is 18.6 Å². The zero-order valence-electron chi connectivity index (χ0n) is 18.6. The lowest BCUT2D eigenvalue weighted by atomic mass is 9.87. The molecular formula is C27H22Cl2FNO4. The van der Waals surface area contributed by atoms with E-state index in [4.69, 9.17) is 33.0 Å². The summed E-state index contributed by atoms with van der Waals surface area (Å²) in [5.74, 6) is -1.37. The minimum atomic E-state index is -1.12. The molecule has 3 aromatic carbocycles. The van der Waals surface area contributed by atoms with Gasteiger partial charge in [0, 0.05) is 28.1 Å². The maximum absolute atomic E-state index is 14.0. The molecule has 3 aromatic rings. The largest absolute Gasteiger partial charge is 0.482 e. The monoisotopic (exact) mass is 513 g/mol. The van der Waals surface area contributed by atoms with E-state index in [9.17, 15) is 14.0 Å². The third-order valence-corrected chi connectivity index (χ3v) is 7.23. The Morgan fingerprint density at radius 1 is 1.03 bits per heavy atom. The molecule has 0 bridgehead atoms. The van der Waals surface area contributed by atoms with Crippen LogP contribution in [0.5, 0.6) is 5.75 Å². The Labute approximate surface area is 212 Å². The summed E-state index contributed by atoms with van der Waals surface area (Å²) >= 11 is 12.7. The van der Waals surface area contributed by atoms with Crippen LogP contribution in [0.15, 0.2) is 60.7 Å². The molecule has 0 aromatic heterocycles. The van der Waals surface area contributed by atoms with Gasteiger partial charge in [-0.15, -0.1) is 0 Å². The van der Waals surface area contributed by atoms with Crippen LogP contribution in [0.3, 0.4) is 0 Å². The van der Waals surface area contributed by atoms with Gasteiger partial charge in [-0.1, -0.05) is 47.5 Å². The molecule has 1 aliphatic carbocycles. The van der Waals surface area contributed by atoms with Crippen LogP contribution in [0.1, 0.15) is 40.6 Å². The molecule has 0 spiro atoms. The predicted octanol–water partition coefficient (Wildman–Crippen LogP) is 5.87. The first-order valence-electron chi connectivity index (χ1n) is 11.3. The quantitative estimate of drug-likeness (QED) is 0.447. The number of hydrogen-bond donors (Lipinski definition) is 1. The van der Waals surface area contributed by atoms with E-state index in [0.717, 1.165) is 16.7 Å². The average Bonchev–Trinajstić information content (AvgIpc) is 3.63. The van der Waals surface area contributed by atoms with Gasteiger partial charge in [0.2, 0.25) is 5.91 Å². The fraction of sp³-hybridized carbons (Fsp3) is 0.259. The second kappa shape index (κ2) is 9.51. The number of rotatable bonds is 6. The molecule has 1 fully saturated rings. The lowest BCUT2D eigenvalue weighted by molar-refractivity contribution is -0.139. The average molecular weight is 514 g/mol. The smallest absolute Gasteiger partial charge is 0.341 e. The van der Waals surface area contributed by atoms with Gasteiger partial charge < -0.3 is 14.7 Å². The van der Waals surface area contributed by atoms with Crippen LogP contribution in [-0.2, 0) is 16.0 Å². The molecule has 1 amide bonds. The number of carboxylic acid groups (broad SMARTS) is 1. The van der Waals surface area contributed by atoms with Gasteiger partial charge in [-0.3, -0.25) is 4.79 Å². The Morgan fingerprint density at radius 3 is 2.60 bits per heavy atom. The molecule has 1 saturated carbocycles. The Hall–Kier alpha value is -3.09. The highest BCUT2D eigenvalue weighted by Gasteiger charge is 2.49. The van der Waals surface area contributed by atoms with E-state index in [2.05, 4.69) is 0 Å². The molecule has 0 saturated heterocycles. The first-order chi connectivity index (χ1) is 16.8. The van der Waals surface area contributed by atoms with E-state index in [1.54, 1.807) is 29.2 Å². The van der Waals surface area contributed by atoms with Gasteiger partial charge in [0.05, 0.1) is 6.04 Å². The van der Waals surface area contributed by atoms with E-state index in [0.29, 0.717) is 40.7 Å². The van der Waals surface area contributed by atoms with E-state index >= 15 is 0 Å². The number of carboxylic acids is 1. The number of carbonyl (C=O) groups excluding carboxylic acids is 1. The Balaban J connectivity index is 1.54. The highest BCUT2D eigenvalue weighted by Crippen LogP contribution is 2.52. The van der Waals surface area contributed by atoms with E-state index in [1.807, 2.05) is 24.3 Å². The predicted molar refractivity (Wildman–Crippen MR) is 131 cm³/mol. The number of benzene rings is 3. The van der Waals surface area contributed by atoms with Crippen molar-refractivity contribution in [3.63, 3.8) is 0 Å². The number of ether oxygens (including phenoxy) is 1. The zero-order valence-corrected chi connectivity index (χ0v) is 20.1. The van der Waals surface area contributed by atoms with E-state index in [-0.39, 0.29) is 23.6 Å². The zero-order chi connectivity index (χ0) is 24.7. The standard InChI is InChI=1S/C27H22Cl2FNO4/c28-16-5-8-24(35-14-25(32)33)22(12-16)26-18-7-6-17(30)11-15(18)9-10-31(26)27(34)21-13-20(21)19-3-1-2-4-23(19)29/h1-8,11-12,20-21,26H,9-10,13-14H2,(H,32,33)/t20-,21+,26?/m0/s1. The van der Waals surface area contributed by atoms with E-state index in [1.165, 1.54) is 12.1 Å². The van der Waals surface area contributed by atoms with Gasteiger partial charge in [0.1, 0.15) is 11.6 Å². The minimum absolute atomic E-state index is 0.0287. The van der Waals surface area contributed by atoms with Gasteiger partial charge >= 0.3 is 5.97 Å². The van der Waals surface area contributed by atoms with Gasteiger partial charge in [-0.05, 0) is 71.8 Å². The maximum Gasteiger partial charge on any atom is 0.341 e. The van der Waals surface area contributed by atoms with Gasteiger partial charge in [-0.25, -0.2) is 9.18 Å². The lowest BCUT2D eigenvalue weighted by Crippen LogP contribution is -2.42. The summed E-state index contributed by atoms with van der Waals surface area (Å²) in [6.07, 6.45) is 1.20. The summed E-state index contributed by atoms with van der Waals surface area (Å²) < 4.78 is 19.6. The number of halogens is 3.